The molecule has 15 heteroatoms. The van der Waals surface area contributed by atoms with Gasteiger partial charge in [-0.15, -0.1) is 0 Å². The van der Waals surface area contributed by atoms with Crippen molar-refractivity contribution in [3.63, 3.8) is 0 Å². The summed E-state index contributed by atoms with van der Waals surface area (Å²) in [5.41, 5.74) is 0. The van der Waals surface area contributed by atoms with Crippen LogP contribution in [0.2, 0.25) is 0 Å². The van der Waals surface area contributed by atoms with Gasteiger partial charge in [-0.3, -0.25) is 0 Å². The molecule has 0 radical (unpaired) electrons. The summed E-state index contributed by atoms with van der Waals surface area (Å²) < 4.78 is 32.8. The molecular weight excluding hydrogens is 504 g/mol. The number of aliphatic hydroxyl groups is 9. The van der Waals surface area contributed by atoms with E-state index in [-0.39, 0.29) is 6.61 Å². The van der Waals surface area contributed by atoms with Gasteiger partial charge in [0.15, 0.2) is 12.6 Å². The maximum Gasteiger partial charge on any atom is 0.187 e. The van der Waals surface area contributed by atoms with Gasteiger partial charge in [0, 0.05) is 7.11 Å². The fourth-order valence-electron chi connectivity index (χ4n) is 4.81. The summed E-state index contributed by atoms with van der Waals surface area (Å²) in [6.45, 7) is 0.369. The molecule has 0 aromatic rings. The lowest BCUT2D eigenvalue weighted by molar-refractivity contribution is -0.374. The highest BCUT2D eigenvalue weighted by atomic mass is 16.7. The molecule has 15 atom stereocenters. The molecule has 3 rings (SSSR count). The molecule has 3 aliphatic rings. The predicted molar refractivity (Wildman–Crippen MR) is 119 cm³/mol. The highest BCUT2D eigenvalue weighted by Gasteiger charge is 2.53. The summed E-state index contributed by atoms with van der Waals surface area (Å²) in [6.07, 6.45) is -21.0. The fraction of sp³-hybridized carbons (Fsp3) is 1.00. The van der Waals surface area contributed by atoms with Crippen LogP contribution in [0.3, 0.4) is 0 Å². The Bertz CT molecular complexity index is 686. The number of methoxy groups -OCH3 is 1. The van der Waals surface area contributed by atoms with Gasteiger partial charge in [-0.05, 0) is 6.42 Å². The van der Waals surface area contributed by atoms with Gasteiger partial charge < -0.3 is 74.4 Å². The van der Waals surface area contributed by atoms with Crippen LogP contribution in [0, 0.1) is 0 Å². The van der Waals surface area contributed by atoms with Gasteiger partial charge in [-0.25, -0.2) is 0 Å². The van der Waals surface area contributed by atoms with E-state index in [0.717, 1.165) is 0 Å². The predicted octanol–water partition coefficient (Wildman–Crippen LogP) is -5.07. The molecule has 0 bridgehead atoms. The lowest BCUT2D eigenvalue weighted by Gasteiger charge is -2.48. The molecule has 3 aliphatic heterocycles. The SMILES string of the molecule is CCCC1OC(CO)C(O)C(OC2OC(CO)C(O)C(OC3OC(COC)C(O)C(O)C3O)C2O)C1O. The van der Waals surface area contributed by atoms with Crippen LogP contribution in [0.25, 0.3) is 0 Å². The monoisotopic (exact) mass is 544 g/mol. The van der Waals surface area contributed by atoms with E-state index in [9.17, 15) is 46.0 Å². The van der Waals surface area contributed by atoms with Gasteiger partial charge in [0.1, 0.15) is 73.2 Å². The smallest absolute Gasteiger partial charge is 0.187 e. The molecule has 0 aromatic carbocycles. The second-order valence-corrected chi connectivity index (χ2v) is 9.54. The van der Waals surface area contributed by atoms with Gasteiger partial charge in [-0.2, -0.15) is 0 Å². The maximum atomic E-state index is 11.0. The minimum absolute atomic E-state index is 0.167. The van der Waals surface area contributed by atoms with E-state index in [4.69, 9.17) is 28.4 Å². The topological polar surface area (TPSA) is 237 Å². The molecule has 0 aliphatic carbocycles. The second-order valence-electron chi connectivity index (χ2n) is 9.54. The first-order valence-electron chi connectivity index (χ1n) is 12.3. The number of rotatable bonds is 10. The third-order valence-electron chi connectivity index (χ3n) is 6.94. The third-order valence-corrected chi connectivity index (χ3v) is 6.94. The zero-order valence-corrected chi connectivity index (χ0v) is 20.7. The number of aliphatic hydroxyl groups excluding tert-OH is 9. The molecule has 3 heterocycles. The minimum Gasteiger partial charge on any atom is -0.394 e. The van der Waals surface area contributed by atoms with E-state index < -0.39 is 105 Å². The molecule has 0 aromatic heterocycles. The highest BCUT2D eigenvalue weighted by Crippen LogP contribution is 2.33. The second kappa shape index (κ2) is 13.6. The normalized spacial score (nSPS) is 49.2. The first-order valence-corrected chi connectivity index (χ1v) is 12.3. The molecule has 37 heavy (non-hydrogen) atoms. The molecule has 0 saturated carbocycles. The first-order chi connectivity index (χ1) is 17.6. The number of hydrogen-bond donors (Lipinski definition) is 9. The van der Waals surface area contributed by atoms with Crippen LogP contribution in [0.5, 0.6) is 0 Å². The quantitative estimate of drug-likeness (QED) is 0.125. The summed E-state index contributed by atoms with van der Waals surface area (Å²) in [5.74, 6) is 0. The first kappa shape index (κ1) is 30.9. The van der Waals surface area contributed by atoms with Crippen LogP contribution in [0.15, 0.2) is 0 Å². The van der Waals surface area contributed by atoms with Crippen molar-refractivity contribution >= 4 is 0 Å². The third kappa shape index (κ3) is 6.59. The van der Waals surface area contributed by atoms with Gasteiger partial charge >= 0.3 is 0 Å². The van der Waals surface area contributed by atoms with Crippen molar-refractivity contribution in [1.82, 2.24) is 0 Å². The van der Waals surface area contributed by atoms with Crippen molar-refractivity contribution < 1.29 is 74.4 Å². The molecule has 9 N–H and O–H groups in total. The van der Waals surface area contributed by atoms with Crippen molar-refractivity contribution in [1.29, 1.82) is 0 Å². The minimum atomic E-state index is -1.81. The largest absolute Gasteiger partial charge is 0.394 e. The molecule has 3 fully saturated rings. The number of ether oxygens (including phenoxy) is 6. The van der Waals surface area contributed by atoms with Crippen molar-refractivity contribution in [2.45, 2.75) is 112 Å². The van der Waals surface area contributed by atoms with E-state index in [1.165, 1.54) is 7.11 Å². The molecule has 3 saturated heterocycles. The standard InChI is InChI=1S/C22H40O15/c1-3-4-8-13(26)19(14(27)9(5-23)33-8)36-22-18(31)20(15(28)10(6-24)34-22)37-21-17(30)16(29)12(25)11(35-21)7-32-2/h8-31H,3-7H2,1-2H3. The Morgan fingerprint density at radius 2 is 1.05 bits per heavy atom. The van der Waals surface area contributed by atoms with Crippen LogP contribution < -0.4 is 0 Å². The van der Waals surface area contributed by atoms with Crippen molar-refractivity contribution in [3.05, 3.63) is 0 Å². The average molecular weight is 545 g/mol. The summed E-state index contributed by atoms with van der Waals surface area (Å²) in [5, 5.41) is 93.0. The molecule has 15 nitrogen and oxygen atoms in total. The van der Waals surface area contributed by atoms with Crippen LogP contribution in [-0.2, 0) is 28.4 Å². The Balaban J connectivity index is 1.79. The van der Waals surface area contributed by atoms with E-state index in [1.807, 2.05) is 6.92 Å². The Morgan fingerprint density at radius 1 is 0.568 bits per heavy atom. The summed E-state index contributed by atoms with van der Waals surface area (Å²) >= 11 is 0. The van der Waals surface area contributed by atoms with Crippen molar-refractivity contribution in [2.75, 3.05) is 26.9 Å². The Morgan fingerprint density at radius 3 is 1.59 bits per heavy atom. The lowest BCUT2D eigenvalue weighted by Crippen LogP contribution is -2.66. The van der Waals surface area contributed by atoms with E-state index in [1.54, 1.807) is 0 Å². The van der Waals surface area contributed by atoms with Gasteiger partial charge in [0.05, 0.1) is 25.9 Å². The van der Waals surface area contributed by atoms with Crippen LogP contribution >= 0.6 is 0 Å². The lowest BCUT2D eigenvalue weighted by atomic mass is 9.92. The summed E-state index contributed by atoms with van der Waals surface area (Å²) in [7, 11) is 1.33. The Kier molecular flexibility index (Phi) is 11.4. The Labute approximate surface area is 213 Å². The van der Waals surface area contributed by atoms with Crippen molar-refractivity contribution in [3.8, 4) is 0 Å². The van der Waals surface area contributed by atoms with Gasteiger partial charge in [-0.1, -0.05) is 13.3 Å². The summed E-state index contributed by atoms with van der Waals surface area (Å²) in [4.78, 5) is 0. The summed E-state index contributed by atoms with van der Waals surface area (Å²) in [6, 6.07) is 0. The molecular formula is C22H40O15. The molecule has 0 spiro atoms. The fourth-order valence-corrected chi connectivity index (χ4v) is 4.81. The van der Waals surface area contributed by atoms with E-state index in [2.05, 4.69) is 0 Å². The highest BCUT2D eigenvalue weighted by molar-refractivity contribution is 4.97. The van der Waals surface area contributed by atoms with Crippen LogP contribution in [0.4, 0.5) is 0 Å². The molecule has 0 amide bonds. The zero-order chi connectivity index (χ0) is 27.4. The van der Waals surface area contributed by atoms with Crippen molar-refractivity contribution in [2.24, 2.45) is 0 Å². The Hall–Kier alpha value is -0.600. The zero-order valence-electron chi connectivity index (χ0n) is 20.7. The average Bonchev–Trinajstić information content (AvgIpc) is 2.88. The van der Waals surface area contributed by atoms with Gasteiger partial charge in [0.25, 0.3) is 0 Å². The van der Waals surface area contributed by atoms with Crippen LogP contribution in [-0.4, -0.2) is 165 Å². The number of hydrogen-bond acceptors (Lipinski definition) is 15. The molecule has 218 valence electrons. The maximum absolute atomic E-state index is 11.0. The van der Waals surface area contributed by atoms with E-state index in [0.29, 0.717) is 12.8 Å². The van der Waals surface area contributed by atoms with Gasteiger partial charge in [0.2, 0.25) is 0 Å². The molecule has 15 unspecified atom stereocenters. The van der Waals surface area contributed by atoms with E-state index >= 15 is 0 Å². The van der Waals surface area contributed by atoms with Crippen LogP contribution in [0.1, 0.15) is 19.8 Å².